The number of rotatable bonds is 16. The van der Waals surface area contributed by atoms with Crippen LogP contribution in [0.4, 0.5) is 0 Å². The molecule has 2 fully saturated rings. The number of aliphatic hydroxyl groups excluding tert-OH is 1. The Morgan fingerprint density at radius 1 is 1.14 bits per heavy atom. The number of nitrogens with zero attached hydrogens (tertiary/aromatic N) is 5. The van der Waals surface area contributed by atoms with E-state index in [2.05, 4.69) is 38.6 Å². The number of hydrogen-bond donors (Lipinski definition) is 6. The second-order valence-corrected chi connectivity index (χ2v) is 11.2. The minimum Gasteiger partial charge on any atom is -0.394 e. The van der Waals surface area contributed by atoms with Gasteiger partial charge in [0.25, 0.3) is 0 Å². The van der Waals surface area contributed by atoms with E-state index in [4.69, 9.17) is 5.73 Å². The lowest BCUT2D eigenvalue weighted by Gasteiger charge is -2.33. The van der Waals surface area contributed by atoms with E-state index in [-0.39, 0.29) is 30.7 Å². The number of hydrazine groups is 1. The summed E-state index contributed by atoms with van der Waals surface area (Å²) in [5.41, 5.74) is 9.38. The van der Waals surface area contributed by atoms with Gasteiger partial charge in [-0.3, -0.25) is 33.4 Å². The largest absolute Gasteiger partial charge is 0.394 e. The van der Waals surface area contributed by atoms with Gasteiger partial charge in [-0.2, -0.15) is 0 Å². The molecule has 1 aromatic heterocycles. The van der Waals surface area contributed by atoms with E-state index < -0.39 is 54.3 Å². The molecule has 1 aromatic rings. The number of hydrogen-bond acceptors (Lipinski definition) is 13. The smallest absolute Gasteiger partial charge is 0.241 e. The van der Waals surface area contributed by atoms with Crippen LogP contribution in [0.5, 0.6) is 0 Å². The van der Waals surface area contributed by atoms with Crippen LogP contribution in [-0.2, 0) is 37.1 Å². The van der Waals surface area contributed by atoms with Crippen molar-refractivity contribution in [2.75, 3.05) is 19.7 Å². The van der Waals surface area contributed by atoms with Crippen molar-refractivity contribution >= 4 is 42.0 Å². The van der Waals surface area contributed by atoms with E-state index in [9.17, 15) is 29.1 Å². The second kappa shape index (κ2) is 15.6. The normalized spacial score (nSPS) is 22.0. The summed E-state index contributed by atoms with van der Waals surface area (Å²) in [4.78, 5) is 67.3. The van der Waals surface area contributed by atoms with Crippen LogP contribution in [0.3, 0.4) is 0 Å². The van der Waals surface area contributed by atoms with Crippen LogP contribution in [-0.4, -0.2) is 109 Å². The molecule has 2 amide bonds. The van der Waals surface area contributed by atoms with Gasteiger partial charge in [-0.15, -0.1) is 5.10 Å². The van der Waals surface area contributed by atoms with Gasteiger partial charge < -0.3 is 21.1 Å². The SMILES string of the molecule is CC[C@H](C)C(NC(=O)[C@H](CO)NS)C(=O)C(=O)[C@@H]1CCCN1C(=O)[C@@H]1CCCN1N[C@@H](Cn1cc(CN)nn1)C(C)=O. The number of thiol groups is 1. The van der Waals surface area contributed by atoms with Crippen LogP contribution >= 0.6 is 12.8 Å². The number of carbonyl (C=O) groups excluding carboxylic acids is 5. The number of aromatic nitrogens is 3. The molecule has 0 saturated carbocycles. The average molecular weight is 610 g/mol. The molecule has 42 heavy (non-hydrogen) atoms. The highest BCUT2D eigenvalue weighted by Gasteiger charge is 2.44. The fourth-order valence-electron chi connectivity index (χ4n) is 5.30. The van der Waals surface area contributed by atoms with Crippen LogP contribution in [0.15, 0.2) is 6.20 Å². The molecule has 0 radical (unpaired) electrons. The van der Waals surface area contributed by atoms with Crippen molar-refractivity contribution in [2.24, 2.45) is 11.7 Å². The van der Waals surface area contributed by atoms with Crippen LogP contribution in [0.1, 0.15) is 58.6 Å². The average Bonchev–Trinajstić information content (AvgIpc) is 3.76. The van der Waals surface area contributed by atoms with Gasteiger partial charge in [0.1, 0.15) is 17.9 Å². The standard InChI is InChI=1S/C26H43N9O6S/c1-4-15(2)22(28-25(40)19(14-36)31-42)24(39)23(38)20-7-5-9-34(20)26(41)21-8-6-10-35(21)30-18(16(3)37)13-33-12-17(11-27)29-32-33/h12,15,18-22,30-31,36,42H,4-11,13-14,27H2,1-3H3,(H,28,40)/t15-,18-,19-,20-,21-,22?/m0/s1. The number of carbonyl (C=O) groups is 5. The van der Waals surface area contributed by atoms with Gasteiger partial charge in [0.05, 0.1) is 37.0 Å². The molecular formula is C26H43N9O6S. The van der Waals surface area contributed by atoms with Crippen LogP contribution in [0.2, 0.25) is 0 Å². The topological polar surface area (TPSA) is 205 Å². The maximum atomic E-state index is 13.8. The molecule has 2 aliphatic rings. The fraction of sp³-hybridized carbons (Fsp3) is 0.731. The molecule has 234 valence electrons. The molecule has 15 nitrogen and oxygen atoms in total. The first-order chi connectivity index (χ1) is 20.1. The number of nitrogens with two attached hydrogens (primary N) is 1. The fourth-order valence-corrected chi connectivity index (χ4v) is 5.50. The summed E-state index contributed by atoms with van der Waals surface area (Å²) in [5.74, 6) is -2.96. The number of likely N-dealkylation sites (tertiary alicyclic amines) is 1. The van der Waals surface area contributed by atoms with Gasteiger partial charge >= 0.3 is 0 Å². The predicted octanol–water partition coefficient (Wildman–Crippen LogP) is -1.88. The zero-order valence-electron chi connectivity index (χ0n) is 24.4. The minimum atomic E-state index is -1.11. The third-order valence-corrected chi connectivity index (χ3v) is 8.36. The Hall–Kier alpha value is -2.76. The van der Waals surface area contributed by atoms with Crippen molar-refractivity contribution in [2.45, 2.75) is 96.2 Å². The zero-order valence-corrected chi connectivity index (χ0v) is 25.3. The Balaban J connectivity index is 1.72. The van der Waals surface area contributed by atoms with E-state index in [1.54, 1.807) is 18.1 Å². The predicted molar refractivity (Wildman–Crippen MR) is 154 cm³/mol. The molecule has 2 aliphatic heterocycles. The molecule has 3 rings (SSSR count). The maximum Gasteiger partial charge on any atom is 0.241 e. The first-order valence-corrected chi connectivity index (χ1v) is 14.8. The molecule has 3 heterocycles. The monoisotopic (exact) mass is 609 g/mol. The Morgan fingerprint density at radius 3 is 2.43 bits per heavy atom. The Morgan fingerprint density at radius 2 is 1.83 bits per heavy atom. The van der Waals surface area contributed by atoms with Crippen molar-refractivity contribution in [3.05, 3.63) is 11.9 Å². The maximum absolute atomic E-state index is 13.8. The quantitative estimate of drug-likeness (QED) is 0.0900. The van der Waals surface area contributed by atoms with Gasteiger partial charge in [0, 0.05) is 25.8 Å². The van der Waals surface area contributed by atoms with E-state index in [0.29, 0.717) is 50.9 Å². The van der Waals surface area contributed by atoms with Gasteiger partial charge in [0.15, 0.2) is 0 Å². The Labute approximate surface area is 250 Å². The number of Topliss-reactive ketones (excluding diaryl/α,β-unsaturated/α-hetero) is 3. The molecule has 1 unspecified atom stereocenters. The summed E-state index contributed by atoms with van der Waals surface area (Å²) in [7, 11) is 0. The number of amides is 2. The molecule has 0 bridgehead atoms. The van der Waals surface area contributed by atoms with Gasteiger partial charge in [-0.1, -0.05) is 38.3 Å². The highest BCUT2D eigenvalue weighted by Crippen LogP contribution is 2.26. The molecular weight excluding hydrogens is 566 g/mol. The van der Waals surface area contributed by atoms with E-state index in [0.717, 1.165) is 0 Å². The third-order valence-electron chi connectivity index (χ3n) is 8.04. The Kier molecular flexibility index (Phi) is 12.6. The van der Waals surface area contributed by atoms with Crippen molar-refractivity contribution < 1.29 is 29.1 Å². The number of aliphatic hydroxyl groups is 1. The van der Waals surface area contributed by atoms with Crippen molar-refractivity contribution in [1.29, 1.82) is 0 Å². The lowest BCUT2D eigenvalue weighted by atomic mass is 9.90. The van der Waals surface area contributed by atoms with Crippen molar-refractivity contribution in [3.63, 3.8) is 0 Å². The summed E-state index contributed by atoms with van der Waals surface area (Å²) < 4.78 is 3.89. The third kappa shape index (κ3) is 7.99. The Bertz CT molecular complexity index is 1130. The molecule has 0 aromatic carbocycles. The number of nitrogens with one attached hydrogen (secondary N) is 3. The van der Waals surface area contributed by atoms with Gasteiger partial charge in [0.2, 0.25) is 23.4 Å². The highest BCUT2D eigenvalue weighted by molar-refractivity contribution is 7.78. The molecule has 2 saturated heterocycles. The lowest BCUT2D eigenvalue weighted by molar-refractivity contribution is -0.147. The summed E-state index contributed by atoms with van der Waals surface area (Å²) >= 11 is 3.83. The van der Waals surface area contributed by atoms with Crippen LogP contribution in [0, 0.1) is 5.92 Å². The summed E-state index contributed by atoms with van der Waals surface area (Å²) in [5, 5.41) is 21.7. The number of ketones is 3. The molecule has 0 aliphatic carbocycles. The summed E-state index contributed by atoms with van der Waals surface area (Å²) in [6.45, 7) is 5.75. The highest BCUT2D eigenvalue weighted by atomic mass is 32.1. The summed E-state index contributed by atoms with van der Waals surface area (Å²) in [6.07, 6.45) is 4.28. The zero-order chi connectivity index (χ0) is 31.0. The summed E-state index contributed by atoms with van der Waals surface area (Å²) in [6, 6.07) is -4.40. The molecule has 6 N–H and O–H groups in total. The van der Waals surface area contributed by atoms with E-state index in [1.165, 1.54) is 16.5 Å². The van der Waals surface area contributed by atoms with Gasteiger partial charge in [-0.05, 0) is 38.5 Å². The molecule has 0 spiro atoms. The first kappa shape index (κ1) is 33.7. The van der Waals surface area contributed by atoms with Crippen molar-refractivity contribution in [1.82, 2.24) is 40.4 Å². The minimum absolute atomic E-state index is 0.146. The van der Waals surface area contributed by atoms with Crippen LogP contribution < -0.4 is 21.2 Å². The molecule has 16 heteroatoms. The van der Waals surface area contributed by atoms with E-state index in [1.807, 2.05) is 6.92 Å². The molecule has 6 atom stereocenters. The van der Waals surface area contributed by atoms with E-state index >= 15 is 0 Å². The van der Waals surface area contributed by atoms with Gasteiger partial charge in [-0.25, -0.2) is 10.4 Å². The first-order valence-electron chi connectivity index (χ1n) is 14.4. The second-order valence-electron chi connectivity index (χ2n) is 10.9. The lowest BCUT2D eigenvalue weighted by Crippen LogP contribution is -2.59. The van der Waals surface area contributed by atoms with Crippen LogP contribution in [0.25, 0.3) is 0 Å². The van der Waals surface area contributed by atoms with Crippen molar-refractivity contribution in [3.8, 4) is 0 Å².